The van der Waals surface area contributed by atoms with Crippen molar-refractivity contribution in [2.45, 2.75) is 65.9 Å². The second-order valence-electron chi connectivity index (χ2n) is 5.52. The molecule has 0 radical (unpaired) electrons. The first-order valence-corrected chi connectivity index (χ1v) is 7.70. The van der Waals surface area contributed by atoms with Crippen molar-refractivity contribution in [2.75, 3.05) is 0 Å². The second kappa shape index (κ2) is 11.7. The minimum atomic E-state index is -0.864. The van der Waals surface area contributed by atoms with E-state index in [-0.39, 0.29) is 6.10 Å². The first-order chi connectivity index (χ1) is 10.4. The van der Waals surface area contributed by atoms with Gasteiger partial charge in [0, 0.05) is 0 Å². The van der Waals surface area contributed by atoms with Gasteiger partial charge in [0.2, 0.25) is 0 Å². The number of aromatic carboxylic acids is 1. The summed E-state index contributed by atoms with van der Waals surface area (Å²) < 4.78 is 0. The first-order valence-electron chi connectivity index (χ1n) is 7.70. The van der Waals surface area contributed by atoms with Crippen LogP contribution in [0.3, 0.4) is 0 Å². The standard InChI is InChI=1S/C9H10O2.C8H17NO2/c1-6-3-7(2)5-8(4-6)9(10)11;1-3-4-5-6-7-8(2)11-9-10/h3-5H,1-2H3,(H,10,11);8H,3-7H2,1-2H3. The van der Waals surface area contributed by atoms with Crippen LogP contribution in [0.25, 0.3) is 0 Å². The van der Waals surface area contributed by atoms with Crippen LogP contribution in [0.5, 0.6) is 0 Å². The van der Waals surface area contributed by atoms with E-state index >= 15 is 0 Å². The molecule has 0 aliphatic carbocycles. The number of hydrogen-bond acceptors (Lipinski definition) is 4. The molecule has 0 spiro atoms. The van der Waals surface area contributed by atoms with Crippen molar-refractivity contribution in [3.63, 3.8) is 0 Å². The van der Waals surface area contributed by atoms with Crippen LogP contribution < -0.4 is 0 Å². The summed E-state index contributed by atoms with van der Waals surface area (Å²) in [6.45, 7) is 7.82. The molecule has 124 valence electrons. The summed E-state index contributed by atoms with van der Waals surface area (Å²) in [5.74, 6) is -0.864. The number of carbonyl (C=O) groups is 1. The van der Waals surface area contributed by atoms with Crippen molar-refractivity contribution < 1.29 is 14.7 Å². The van der Waals surface area contributed by atoms with Crippen LogP contribution in [0.15, 0.2) is 23.5 Å². The number of nitrogens with zero attached hydrogens (tertiary/aromatic N) is 1. The van der Waals surface area contributed by atoms with Crippen LogP contribution in [0.2, 0.25) is 0 Å². The Labute approximate surface area is 132 Å². The van der Waals surface area contributed by atoms with E-state index in [2.05, 4.69) is 17.1 Å². The minimum absolute atomic E-state index is 0.00986. The van der Waals surface area contributed by atoms with Crippen molar-refractivity contribution in [1.82, 2.24) is 0 Å². The molecule has 1 aromatic carbocycles. The molecular formula is C17H27NO4. The molecule has 5 heteroatoms. The number of unbranched alkanes of at least 4 members (excludes halogenated alkanes) is 3. The fourth-order valence-electron chi connectivity index (χ4n) is 2.08. The van der Waals surface area contributed by atoms with E-state index in [1.54, 1.807) is 12.1 Å². The van der Waals surface area contributed by atoms with Crippen molar-refractivity contribution >= 4 is 5.97 Å². The molecule has 22 heavy (non-hydrogen) atoms. The van der Waals surface area contributed by atoms with Gasteiger partial charge in [-0.1, -0.05) is 43.4 Å². The van der Waals surface area contributed by atoms with Crippen LogP contribution in [0.1, 0.15) is 67.4 Å². The lowest BCUT2D eigenvalue weighted by Gasteiger charge is -2.05. The number of hydrogen-bond donors (Lipinski definition) is 1. The summed E-state index contributed by atoms with van der Waals surface area (Å²) >= 11 is 0. The van der Waals surface area contributed by atoms with Crippen LogP contribution in [0.4, 0.5) is 0 Å². The molecular weight excluding hydrogens is 282 g/mol. The second-order valence-corrected chi connectivity index (χ2v) is 5.52. The van der Waals surface area contributed by atoms with Gasteiger partial charge in [0.1, 0.15) is 6.10 Å². The predicted molar refractivity (Wildman–Crippen MR) is 88.0 cm³/mol. The molecule has 1 atom stereocenters. The highest BCUT2D eigenvalue weighted by molar-refractivity contribution is 5.88. The molecule has 0 fully saturated rings. The molecule has 1 N–H and O–H groups in total. The topological polar surface area (TPSA) is 76.0 Å². The van der Waals surface area contributed by atoms with Crippen molar-refractivity contribution in [2.24, 2.45) is 5.34 Å². The molecule has 0 aliphatic rings. The summed E-state index contributed by atoms with van der Waals surface area (Å²) in [5.41, 5.74) is 2.34. The molecule has 0 aliphatic heterocycles. The molecule has 0 saturated heterocycles. The largest absolute Gasteiger partial charge is 0.478 e. The molecule has 0 bridgehead atoms. The van der Waals surface area contributed by atoms with Gasteiger partial charge in [-0.2, -0.15) is 0 Å². The van der Waals surface area contributed by atoms with E-state index in [0.717, 1.165) is 24.0 Å². The van der Waals surface area contributed by atoms with Gasteiger partial charge in [-0.15, -0.1) is 4.91 Å². The van der Waals surface area contributed by atoms with Crippen LogP contribution in [0, 0.1) is 18.8 Å². The van der Waals surface area contributed by atoms with Gasteiger partial charge in [0.25, 0.3) is 0 Å². The molecule has 1 aromatic rings. The Morgan fingerprint density at radius 2 is 1.77 bits per heavy atom. The van der Waals surface area contributed by atoms with Gasteiger partial charge < -0.3 is 9.94 Å². The molecule has 1 unspecified atom stereocenters. The summed E-state index contributed by atoms with van der Waals surface area (Å²) in [4.78, 5) is 24.6. The maximum Gasteiger partial charge on any atom is 0.335 e. The minimum Gasteiger partial charge on any atom is -0.478 e. The zero-order chi connectivity index (χ0) is 17.0. The SMILES string of the molecule is CCCCCCC(C)ON=O.Cc1cc(C)cc(C(=O)O)c1. The van der Waals surface area contributed by atoms with Crippen LogP contribution in [-0.2, 0) is 4.84 Å². The van der Waals surface area contributed by atoms with E-state index in [9.17, 15) is 9.70 Å². The van der Waals surface area contributed by atoms with Crippen molar-refractivity contribution in [3.05, 3.63) is 39.8 Å². The maximum absolute atomic E-state index is 10.5. The van der Waals surface area contributed by atoms with Gasteiger partial charge in [-0.05, 0) is 45.7 Å². The van der Waals surface area contributed by atoms with Gasteiger partial charge in [-0.3, -0.25) is 0 Å². The molecule has 0 amide bonds. The van der Waals surface area contributed by atoms with Crippen molar-refractivity contribution in [3.8, 4) is 0 Å². The smallest absolute Gasteiger partial charge is 0.335 e. The zero-order valence-corrected chi connectivity index (χ0v) is 14.0. The third-order valence-corrected chi connectivity index (χ3v) is 3.16. The highest BCUT2D eigenvalue weighted by atomic mass is 16.7. The lowest BCUT2D eigenvalue weighted by Crippen LogP contribution is -2.02. The number of rotatable bonds is 8. The molecule has 1 rings (SSSR count). The van der Waals surface area contributed by atoms with E-state index in [4.69, 9.17) is 5.11 Å². The number of carboxylic acid groups (broad SMARTS) is 1. The highest BCUT2D eigenvalue weighted by Gasteiger charge is 2.02. The van der Waals surface area contributed by atoms with Crippen LogP contribution in [-0.4, -0.2) is 17.2 Å². The van der Waals surface area contributed by atoms with E-state index < -0.39 is 5.97 Å². The lowest BCUT2D eigenvalue weighted by molar-refractivity contribution is 0.0607. The lowest BCUT2D eigenvalue weighted by atomic mass is 10.1. The zero-order valence-electron chi connectivity index (χ0n) is 14.0. The van der Waals surface area contributed by atoms with Crippen molar-refractivity contribution in [1.29, 1.82) is 0 Å². The van der Waals surface area contributed by atoms with Gasteiger partial charge >= 0.3 is 5.97 Å². The Morgan fingerprint density at radius 3 is 2.23 bits per heavy atom. The first kappa shape index (κ1) is 20.1. The van der Waals surface area contributed by atoms with Gasteiger partial charge in [0.15, 0.2) is 5.34 Å². The molecule has 0 saturated carbocycles. The van der Waals surface area contributed by atoms with E-state index in [1.807, 2.05) is 26.8 Å². The summed E-state index contributed by atoms with van der Waals surface area (Å²) in [6.07, 6.45) is 5.78. The number of benzene rings is 1. The summed E-state index contributed by atoms with van der Waals surface area (Å²) in [7, 11) is 0. The third kappa shape index (κ3) is 9.91. The van der Waals surface area contributed by atoms with E-state index in [1.165, 1.54) is 19.3 Å². The van der Waals surface area contributed by atoms with Gasteiger partial charge in [-0.25, -0.2) is 4.79 Å². The third-order valence-electron chi connectivity index (χ3n) is 3.16. The Bertz CT molecular complexity index is 440. The normalized spacial score (nSPS) is 11.1. The Hall–Kier alpha value is -1.91. The Balaban J connectivity index is 0.000000401. The summed E-state index contributed by atoms with van der Waals surface area (Å²) in [6, 6.07) is 5.27. The fourth-order valence-corrected chi connectivity index (χ4v) is 2.08. The Kier molecular flexibility index (Phi) is 10.7. The van der Waals surface area contributed by atoms with E-state index in [0.29, 0.717) is 5.56 Å². The average Bonchev–Trinajstić information content (AvgIpc) is 2.43. The number of carboxylic acids is 1. The number of aryl methyl sites for hydroxylation is 2. The Morgan fingerprint density at radius 1 is 1.18 bits per heavy atom. The molecule has 0 aromatic heterocycles. The van der Waals surface area contributed by atoms with Gasteiger partial charge in [0.05, 0.1) is 5.56 Å². The van der Waals surface area contributed by atoms with Crippen LogP contribution >= 0.6 is 0 Å². The fraction of sp³-hybridized carbons (Fsp3) is 0.588. The average molecular weight is 309 g/mol. The molecule has 0 heterocycles. The monoisotopic (exact) mass is 309 g/mol. The molecule has 5 nitrogen and oxygen atoms in total. The quantitative estimate of drug-likeness (QED) is 0.414. The maximum atomic E-state index is 10.5. The highest BCUT2D eigenvalue weighted by Crippen LogP contribution is 2.08. The summed E-state index contributed by atoms with van der Waals surface area (Å²) in [5, 5.41) is 11.0. The predicted octanol–water partition coefficient (Wildman–Crippen LogP) is 5.04.